The van der Waals surface area contributed by atoms with E-state index in [-0.39, 0.29) is 11.1 Å². The number of rotatable bonds is 8. The highest BCUT2D eigenvalue weighted by Crippen LogP contribution is 2.14. The van der Waals surface area contributed by atoms with Crippen LogP contribution in [0.5, 0.6) is 0 Å². The molecule has 1 N–H and O–H groups in total. The van der Waals surface area contributed by atoms with Gasteiger partial charge >= 0.3 is 11.9 Å². The number of carboxylic acids is 1. The van der Waals surface area contributed by atoms with E-state index in [9.17, 15) is 9.59 Å². The predicted octanol–water partition coefficient (Wildman–Crippen LogP) is 3.90. The second-order valence-corrected chi connectivity index (χ2v) is 4.75. The number of carbonyl (C=O) groups is 2. The molecule has 0 amide bonds. The van der Waals surface area contributed by atoms with E-state index in [2.05, 4.69) is 6.92 Å². The molecule has 0 fully saturated rings. The fraction of sp³-hybridized carbons (Fsp3) is 0.500. The van der Waals surface area contributed by atoms with Crippen molar-refractivity contribution in [1.29, 1.82) is 0 Å². The van der Waals surface area contributed by atoms with E-state index >= 15 is 0 Å². The Labute approximate surface area is 121 Å². The average Bonchev–Trinajstić information content (AvgIpc) is 2.43. The van der Waals surface area contributed by atoms with Crippen LogP contribution in [0, 0.1) is 0 Å². The summed E-state index contributed by atoms with van der Waals surface area (Å²) in [6.45, 7) is 3.63. The minimum absolute atomic E-state index is 0.0166. The molecule has 1 rings (SSSR count). The molecule has 0 radical (unpaired) electrons. The van der Waals surface area contributed by atoms with Crippen LogP contribution in [0.1, 0.15) is 68.0 Å². The molecule has 0 spiro atoms. The number of carbonyl (C=O) groups excluding carboxylic acids is 1. The third-order valence-electron chi connectivity index (χ3n) is 3.03. The Bertz CT molecular complexity index is 497. The maximum Gasteiger partial charge on any atom is 0.339 e. The van der Waals surface area contributed by atoms with Gasteiger partial charge < -0.3 is 9.84 Å². The Balaban J connectivity index is 2.69. The summed E-state index contributed by atoms with van der Waals surface area (Å²) >= 11 is 0. The van der Waals surface area contributed by atoms with Gasteiger partial charge in [0.2, 0.25) is 0 Å². The molecule has 0 bridgehead atoms. The zero-order valence-electron chi connectivity index (χ0n) is 13.0. The van der Waals surface area contributed by atoms with Crippen molar-refractivity contribution in [2.75, 3.05) is 0 Å². The van der Waals surface area contributed by atoms with Crippen molar-refractivity contribution in [2.24, 2.45) is 0 Å². The van der Waals surface area contributed by atoms with Crippen LogP contribution >= 0.6 is 0 Å². The summed E-state index contributed by atoms with van der Waals surface area (Å²) in [6, 6.07) is 5.87. The van der Waals surface area contributed by atoms with Crippen molar-refractivity contribution in [3.05, 3.63) is 35.4 Å². The van der Waals surface area contributed by atoms with E-state index in [0.29, 0.717) is 6.42 Å². The molecule has 0 saturated carbocycles. The number of carboxylic acid groups (broad SMARTS) is 1. The van der Waals surface area contributed by atoms with Crippen molar-refractivity contribution < 1.29 is 20.8 Å². The first-order valence-corrected chi connectivity index (χ1v) is 6.93. The fourth-order valence-corrected chi connectivity index (χ4v) is 1.91. The molecular formula is C16H22O4. The maximum absolute atomic E-state index is 12.1. The molecule has 0 saturated heterocycles. The Morgan fingerprint density at radius 2 is 1.90 bits per heavy atom. The highest BCUT2D eigenvalue weighted by molar-refractivity contribution is 6.02. The topological polar surface area (TPSA) is 63.6 Å². The molecule has 1 atom stereocenters. The lowest BCUT2D eigenvalue weighted by molar-refractivity contribution is 0.0313. The predicted molar refractivity (Wildman–Crippen MR) is 77.0 cm³/mol. The molecule has 0 aromatic heterocycles. The SMILES string of the molecule is [2H][C@](C)(CCCCCC)OC(=O)c1ccccc1C(=O)O. The van der Waals surface area contributed by atoms with Gasteiger partial charge in [0.1, 0.15) is 0 Å². The van der Waals surface area contributed by atoms with E-state index in [0.717, 1.165) is 25.7 Å². The van der Waals surface area contributed by atoms with E-state index in [4.69, 9.17) is 11.2 Å². The van der Waals surface area contributed by atoms with Crippen LogP contribution in [0.25, 0.3) is 0 Å². The van der Waals surface area contributed by atoms with Gasteiger partial charge in [-0.25, -0.2) is 9.59 Å². The van der Waals surface area contributed by atoms with Gasteiger partial charge in [-0.1, -0.05) is 38.3 Å². The fourth-order valence-electron chi connectivity index (χ4n) is 1.91. The van der Waals surface area contributed by atoms with Crippen molar-refractivity contribution >= 4 is 11.9 Å². The van der Waals surface area contributed by atoms with Crippen LogP contribution in [-0.2, 0) is 4.74 Å². The monoisotopic (exact) mass is 279 g/mol. The summed E-state index contributed by atoms with van der Waals surface area (Å²) in [5.74, 6) is -1.95. The van der Waals surface area contributed by atoms with Crippen LogP contribution < -0.4 is 0 Å². The largest absolute Gasteiger partial charge is 0.478 e. The van der Waals surface area contributed by atoms with Gasteiger partial charge in [-0.2, -0.15) is 0 Å². The second kappa shape index (κ2) is 8.35. The van der Waals surface area contributed by atoms with Gasteiger partial charge in [0.05, 0.1) is 18.6 Å². The molecule has 0 aliphatic rings. The molecule has 0 heterocycles. The summed E-state index contributed by atoms with van der Waals surface area (Å²) < 4.78 is 13.2. The van der Waals surface area contributed by atoms with Crippen LogP contribution in [0.3, 0.4) is 0 Å². The van der Waals surface area contributed by atoms with E-state index in [1.165, 1.54) is 19.1 Å². The van der Waals surface area contributed by atoms with E-state index in [1.807, 2.05) is 0 Å². The summed E-state index contributed by atoms with van der Waals surface area (Å²) in [5.41, 5.74) is -0.124. The van der Waals surface area contributed by atoms with Gasteiger partial charge in [-0.3, -0.25) is 0 Å². The smallest absolute Gasteiger partial charge is 0.339 e. The van der Waals surface area contributed by atoms with Crippen molar-refractivity contribution in [2.45, 2.75) is 52.0 Å². The number of aromatic carboxylic acids is 1. The Morgan fingerprint density at radius 1 is 1.25 bits per heavy atom. The minimum atomic E-state index is -1.34. The van der Waals surface area contributed by atoms with Crippen LogP contribution in [0.15, 0.2) is 24.3 Å². The highest BCUT2D eigenvalue weighted by atomic mass is 16.5. The summed E-state index contributed by atoms with van der Waals surface area (Å²) in [5, 5.41) is 9.06. The third-order valence-corrected chi connectivity index (χ3v) is 3.03. The molecule has 0 aliphatic carbocycles. The standard InChI is InChI=1S/C16H22O4/c1-3-4-5-6-9-12(2)20-16(19)14-11-8-7-10-13(14)15(17)18/h7-8,10-12H,3-6,9H2,1-2H3,(H,17,18)/t12-/m0/s1/i12D. The number of unbranched alkanes of at least 4 members (excludes halogenated alkanes) is 3. The summed E-state index contributed by atoms with van der Waals surface area (Å²) in [4.78, 5) is 23.1. The lowest BCUT2D eigenvalue weighted by atomic mass is 10.1. The number of benzene rings is 1. The number of ether oxygens (including phenoxy) is 1. The lowest BCUT2D eigenvalue weighted by Gasteiger charge is -2.14. The molecule has 4 nitrogen and oxygen atoms in total. The zero-order chi connectivity index (χ0) is 15.9. The van der Waals surface area contributed by atoms with Crippen LogP contribution in [0.4, 0.5) is 0 Å². The van der Waals surface area contributed by atoms with Gasteiger partial charge in [0.15, 0.2) is 0 Å². The van der Waals surface area contributed by atoms with Gasteiger partial charge in [0, 0.05) is 0 Å². The minimum Gasteiger partial charge on any atom is -0.478 e. The third kappa shape index (κ3) is 5.03. The van der Waals surface area contributed by atoms with Gasteiger partial charge in [0.25, 0.3) is 0 Å². The van der Waals surface area contributed by atoms with Gasteiger partial charge in [-0.05, 0) is 31.9 Å². The molecule has 0 unspecified atom stereocenters. The number of hydrogen-bond donors (Lipinski definition) is 1. The molecule has 4 heteroatoms. The van der Waals surface area contributed by atoms with Crippen LogP contribution in [0.2, 0.25) is 0 Å². The maximum atomic E-state index is 12.1. The van der Waals surface area contributed by atoms with E-state index in [1.54, 1.807) is 12.1 Å². The van der Waals surface area contributed by atoms with Gasteiger partial charge in [-0.15, -0.1) is 0 Å². The zero-order valence-corrected chi connectivity index (χ0v) is 12.0. The molecule has 110 valence electrons. The Morgan fingerprint density at radius 3 is 2.50 bits per heavy atom. The average molecular weight is 279 g/mol. The Hall–Kier alpha value is -1.84. The molecular weight excluding hydrogens is 256 g/mol. The van der Waals surface area contributed by atoms with Crippen molar-refractivity contribution in [3.8, 4) is 0 Å². The van der Waals surface area contributed by atoms with Crippen LogP contribution in [-0.4, -0.2) is 23.1 Å². The highest BCUT2D eigenvalue weighted by Gasteiger charge is 2.18. The molecule has 1 aromatic rings. The van der Waals surface area contributed by atoms with Crippen molar-refractivity contribution in [1.82, 2.24) is 0 Å². The first kappa shape index (κ1) is 14.6. The first-order chi connectivity index (χ1) is 9.87. The second-order valence-electron chi connectivity index (χ2n) is 4.75. The first-order valence-electron chi connectivity index (χ1n) is 7.43. The molecule has 1 aromatic carbocycles. The number of esters is 1. The number of hydrogen-bond acceptors (Lipinski definition) is 3. The molecule has 0 aliphatic heterocycles. The lowest BCUT2D eigenvalue weighted by Crippen LogP contribution is -2.17. The van der Waals surface area contributed by atoms with Crippen molar-refractivity contribution in [3.63, 3.8) is 0 Å². The summed E-state index contributed by atoms with van der Waals surface area (Å²) in [6.07, 6.45) is 3.09. The normalized spacial score (nSPS) is 14.2. The Kier molecular flexibility index (Phi) is 6.08. The summed E-state index contributed by atoms with van der Waals surface area (Å²) in [7, 11) is 0. The molecule has 20 heavy (non-hydrogen) atoms. The quantitative estimate of drug-likeness (QED) is 0.579. The van der Waals surface area contributed by atoms with E-state index < -0.39 is 18.0 Å².